The molecule has 0 aliphatic carbocycles. The van der Waals surface area contributed by atoms with Crippen LogP contribution in [0.2, 0.25) is 0 Å². The van der Waals surface area contributed by atoms with Gasteiger partial charge in [-0.05, 0) is 18.1 Å². The molecule has 2 aromatic rings. The predicted octanol–water partition coefficient (Wildman–Crippen LogP) is 2.88. The Bertz CT molecular complexity index is 829. The third kappa shape index (κ3) is 2.80. The largest absolute Gasteiger partial charge is 0.489 e. The lowest BCUT2D eigenvalue weighted by atomic mass is 10.0. The van der Waals surface area contributed by atoms with E-state index in [4.69, 9.17) is 10.00 Å². The Morgan fingerprint density at radius 3 is 2.72 bits per heavy atom. The van der Waals surface area contributed by atoms with Crippen molar-refractivity contribution in [2.24, 2.45) is 5.92 Å². The van der Waals surface area contributed by atoms with Crippen LogP contribution in [0.1, 0.15) is 6.42 Å². The Kier molecular flexibility index (Phi) is 4.02. The summed E-state index contributed by atoms with van der Waals surface area (Å²) in [5.74, 6) is 0.738. The van der Waals surface area contributed by atoms with Gasteiger partial charge in [-0.25, -0.2) is 0 Å². The fraction of sp³-hybridized carbons (Fsp3) is 0.300. The first-order valence-electron chi connectivity index (χ1n) is 8.55. The second-order valence-electron chi connectivity index (χ2n) is 6.39. The second-order valence-corrected chi connectivity index (χ2v) is 6.39. The molecule has 1 atom stereocenters. The van der Waals surface area contributed by atoms with E-state index < -0.39 is 0 Å². The van der Waals surface area contributed by atoms with Crippen molar-refractivity contribution in [3.8, 4) is 23.1 Å². The summed E-state index contributed by atoms with van der Waals surface area (Å²) in [5.41, 5.74) is 2.90. The van der Waals surface area contributed by atoms with Crippen LogP contribution in [0.4, 0.5) is 5.69 Å². The molecule has 0 bridgehead atoms. The molecule has 2 aliphatic rings. The van der Waals surface area contributed by atoms with Crippen LogP contribution in [0.3, 0.4) is 0 Å². The highest BCUT2D eigenvalue weighted by molar-refractivity contribution is 5.98. The fourth-order valence-electron chi connectivity index (χ4n) is 3.60. The van der Waals surface area contributed by atoms with Crippen LogP contribution in [0, 0.1) is 17.4 Å². The molecule has 2 aromatic carbocycles. The van der Waals surface area contributed by atoms with E-state index in [9.17, 15) is 4.79 Å². The number of anilines is 1. The third-order valence-corrected chi connectivity index (χ3v) is 4.88. The molecule has 1 fully saturated rings. The molecule has 126 valence electrons. The van der Waals surface area contributed by atoms with Crippen molar-refractivity contribution in [2.45, 2.75) is 6.42 Å². The number of fused-ring (bicyclic) bond motifs is 1. The van der Waals surface area contributed by atoms with Crippen molar-refractivity contribution < 1.29 is 9.53 Å². The Morgan fingerprint density at radius 2 is 1.96 bits per heavy atom. The Morgan fingerprint density at radius 1 is 1.12 bits per heavy atom. The number of carbonyl (C=O) groups is 1. The molecule has 1 unspecified atom stereocenters. The van der Waals surface area contributed by atoms with Crippen LogP contribution in [0.5, 0.6) is 5.75 Å². The van der Waals surface area contributed by atoms with E-state index in [1.807, 2.05) is 53.4 Å². The Hall–Kier alpha value is -3.00. The van der Waals surface area contributed by atoms with Crippen LogP contribution < -0.4 is 9.64 Å². The molecular formula is C20H19N3O2. The summed E-state index contributed by atoms with van der Waals surface area (Å²) in [5, 5.41) is 9.03. The molecule has 5 heteroatoms. The number of hydrogen-bond donors (Lipinski definition) is 0. The van der Waals surface area contributed by atoms with Gasteiger partial charge >= 0.3 is 0 Å². The maximum Gasteiger partial charge on any atom is 0.232 e. The number of likely N-dealkylation sites (tertiary alicyclic amines) is 1. The maximum absolute atomic E-state index is 13.0. The number of nitrogens with zero attached hydrogens (tertiary/aromatic N) is 3. The van der Waals surface area contributed by atoms with Crippen LogP contribution in [0.25, 0.3) is 11.1 Å². The van der Waals surface area contributed by atoms with Crippen LogP contribution in [0.15, 0.2) is 48.5 Å². The summed E-state index contributed by atoms with van der Waals surface area (Å²) >= 11 is 0. The van der Waals surface area contributed by atoms with E-state index in [0.29, 0.717) is 26.2 Å². The smallest absolute Gasteiger partial charge is 0.232 e. The van der Waals surface area contributed by atoms with E-state index in [1.165, 1.54) is 0 Å². The summed E-state index contributed by atoms with van der Waals surface area (Å²) in [7, 11) is 0. The molecule has 0 saturated carbocycles. The van der Waals surface area contributed by atoms with Gasteiger partial charge in [-0.15, -0.1) is 0 Å². The lowest BCUT2D eigenvalue weighted by Crippen LogP contribution is -2.42. The summed E-state index contributed by atoms with van der Waals surface area (Å²) in [4.78, 5) is 16.5. The van der Waals surface area contributed by atoms with E-state index >= 15 is 0 Å². The molecule has 0 spiro atoms. The topological polar surface area (TPSA) is 56.6 Å². The average molecular weight is 333 g/mol. The van der Waals surface area contributed by atoms with Gasteiger partial charge in [0.1, 0.15) is 6.61 Å². The molecule has 1 saturated heterocycles. The molecule has 1 amide bonds. The highest BCUT2D eigenvalue weighted by atomic mass is 16.5. The minimum Gasteiger partial charge on any atom is -0.489 e. The first kappa shape index (κ1) is 15.5. The highest BCUT2D eigenvalue weighted by Gasteiger charge is 2.34. The minimum atomic E-state index is -0.119. The number of nitriles is 1. The lowest BCUT2D eigenvalue weighted by molar-refractivity contribution is -0.122. The summed E-state index contributed by atoms with van der Waals surface area (Å²) in [6.45, 7) is 2.21. The molecule has 4 rings (SSSR count). The van der Waals surface area contributed by atoms with Gasteiger partial charge in [0.05, 0.1) is 18.2 Å². The van der Waals surface area contributed by atoms with Gasteiger partial charge in [0.25, 0.3) is 0 Å². The van der Waals surface area contributed by atoms with Gasteiger partial charge in [-0.3, -0.25) is 4.79 Å². The molecule has 0 aromatic heterocycles. The van der Waals surface area contributed by atoms with Gasteiger partial charge in [-0.1, -0.05) is 42.5 Å². The molecule has 0 radical (unpaired) electrons. The first-order chi connectivity index (χ1) is 12.3. The number of rotatable bonds is 2. The van der Waals surface area contributed by atoms with Crippen molar-refractivity contribution in [3.05, 3.63) is 48.5 Å². The molecule has 25 heavy (non-hydrogen) atoms. The number of para-hydroxylation sites is 1. The highest BCUT2D eigenvalue weighted by Crippen LogP contribution is 2.41. The molecule has 2 heterocycles. The quantitative estimate of drug-likeness (QED) is 0.793. The Labute approximate surface area is 147 Å². The fourth-order valence-corrected chi connectivity index (χ4v) is 3.60. The third-order valence-electron chi connectivity index (χ3n) is 4.88. The SMILES string of the molecule is N#CN1CCC(C(=O)N2CCOc3c(-c4ccccc4)cccc32)C1. The van der Waals surface area contributed by atoms with E-state index in [2.05, 4.69) is 6.19 Å². The zero-order valence-electron chi connectivity index (χ0n) is 13.9. The van der Waals surface area contributed by atoms with Crippen molar-refractivity contribution in [1.82, 2.24) is 4.90 Å². The summed E-state index contributed by atoms with van der Waals surface area (Å²) in [6, 6.07) is 16.0. The number of carbonyl (C=O) groups excluding carboxylic acids is 1. The molecule has 2 aliphatic heterocycles. The minimum absolute atomic E-state index is 0.0903. The van der Waals surface area contributed by atoms with Crippen molar-refractivity contribution in [2.75, 3.05) is 31.1 Å². The number of ether oxygens (including phenoxy) is 1. The normalized spacial score (nSPS) is 19.1. The lowest BCUT2D eigenvalue weighted by Gasteiger charge is -2.32. The molecular weight excluding hydrogens is 314 g/mol. The molecule has 5 nitrogen and oxygen atoms in total. The van der Waals surface area contributed by atoms with Crippen LogP contribution >= 0.6 is 0 Å². The monoisotopic (exact) mass is 333 g/mol. The molecule has 0 N–H and O–H groups in total. The van der Waals surface area contributed by atoms with Gasteiger partial charge in [0.15, 0.2) is 11.9 Å². The number of amides is 1. The van der Waals surface area contributed by atoms with Crippen LogP contribution in [-0.4, -0.2) is 37.0 Å². The number of hydrogen-bond acceptors (Lipinski definition) is 4. The van der Waals surface area contributed by atoms with Gasteiger partial charge < -0.3 is 14.5 Å². The zero-order valence-corrected chi connectivity index (χ0v) is 13.9. The van der Waals surface area contributed by atoms with Crippen molar-refractivity contribution >= 4 is 11.6 Å². The van der Waals surface area contributed by atoms with Crippen LogP contribution in [-0.2, 0) is 4.79 Å². The maximum atomic E-state index is 13.0. The number of benzene rings is 2. The van der Waals surface area contributed by atoms with Gasteiger partial charge in [0, 0.05) is 18.7 Å². The summed E-state index contributed by atoms with van der Waals surface area (Å²) in [6.07, 6.45) is 2.87. The first-order valence-corrected chi connectivity index (χ1v) is 8.55. The van der Waals surface area contributed by atoms with E-state index in [0.717, 1.165) is 29.0 Å². The van der Waals surface area contributed by atoms with E-state index in [1.54, 1.807) is 4.90 Å². The Balaban J connectivity index is 1.67. The van der Waals surface area contributed by atoms with Gasteiger partial charge in [-0.2, -0.15) is 5.26 Å². The summed E-state index contributed by atoms with van der Waals surface area (Å²) < 4.78 is 5.94. The average Bonchev–Trinajstić information content (AvgIpc) is 3.16. The second kappa shape index (κ2) is 6.48. The van der Waals surface area contributed by atoms with Crippen molar-refractivity contribution in [1.29, 1.82) is 5.26 Å². The zero-order chi connectivity index (χ0) is 17.2. The van der Waals surface area contributed by atoms with Crippen molar-refractivity contribution in [3.63, 3.8) is 0 Å². The standard InChI is InChI=1S/C20H19N3O2/c21-14-22-10-9-16(13-22)20(24)23-11-12-25-19-17(7-4-8-18(19)23)15-5-2-1-3-6-15/h1-8,16H,9-13H2. The van der Waals surface area contributed by atoms with E-state index in [-0.39, 0.29) is 11.8 Å². The van der Waals surface area contributed by atoms with Gasteiger partial charge in [0.2, 0.25) is 5.91 Å². The predicted molar refractivity (Wildman–Crippen MR) is 95.0 cm³/mol.